The highest BCUT2D eigenvalue weighted by atomic mass is 32.1. The molecule has 74 heavy (non-hydrogen) atoms. The number of para-hydroxylation sites is 2. The van der Waals surface area contributed by atoms with Gasteiger partial charge in [-0.2, -0.15) is 0 Å². The number of nitrogens with zero attached hydrogens (tertiary/aromatic N) is 4. The molecule has 0 bridgehead atoms. The predicted octanol–water partition coefficient (Wildman–Crippen LogP) is 18.6. The molecule has 0 radical (unpaired) electrons. The molecular weight excluding hydrogens is 925 g/mol. The number of hydrogen-bond donors (Lipinski definition) is 0. The first-order chi connectivity index (χ1) is 36.7. The maximum absolute atomic E-state index is 6.45. The number of fused-ring (bicyclic) bond motifs is 13. The van der Waals surface area contributed by atoms with Crippen LogP contribution in [0.1, 0.15) is 0 Å². The second kappa shape index (κ2) is 15.9. The van der Waals surface area contributed by atoms with Crippen molar-refractivity contribution in [2.24, 2.45) is 0 Å². The van der Waals surface area contributed by atoms with E-state index in [-0.39, 0.29) is 0 Å². The topological polar surface area (TPSA) is 69.9 Å². The van der Waals surface area contributed by atoms with Crippen molar-refractivity contribution in [2.75, 3.05) is 0 Å². The van der Waals surface area contributed by atoms with E-state index in [1.807, 2.05) is 72.0 Å². The summed E-state index contributed by atoms with van der Waals surface area (Å²) in [6.07, 6.45) is 0. The molecule has 5 aromatic heterocycles. The lowest BCUT2D eigenvalue weighted by Gasteiger charge is -2.16. The molecule has 6 nitrogen and oxygen atoms in total. The van der Waals surface area contributed by atoms with Gasteiger partial charge in [0.1, 0.15) is 22.3 Å². The molecule has 5 heterocycles. The van der Waals surface area contributed by atoms with E-state index in [1.54, 1.807) is 0 Å². The van der Waals surface area contributed by atoms with Crippen LogP contribution in [0.15, 0.2) is 239 Å². The molecule has 0 aliphatic heterocycles. The van der Waals surface area contributed by atoms with Crippen LogP contribution in [-0.4, -0.2) is 19.5 Å². The molecule has 0 atom stereocenters. The summed E-state index contributed by atoms with van der Waals surface area (Å²) < 4.78 is 17.8. The first kappa shape index (κ1) is 41.0. The maximum atomic E-state index is 6.45. The van der Waals surface area contributed by atoms with E-state index in [0.29, 0.717) is 17.5 Å². The largest absolute Gasteiger partial charge is 0.456 e. The zero-order valence-corrected chi connectivity index (χ0v) is 40.3. The van der Waals surface area contributed by atoms with Crippen LogP contribution >= 0.6 is 11.3 Å². The smallest absolute Gasteiger partial charge is 0.164 e. The standard InChI is InChI=1S/C67H38N4O2S/c1-2-15-39(16-3-1)44-22-12-25-54-62(44)53-35-40-17-4-5-18-41(40)36-55(53)71(54)43-32-34-47(52(38-43)42-31-33-46-45-19-8-11-30-60(45)74-61(46)37-42)65-68-66(50-23-13-28-58-63(50)48-20-6-9-26-56(48)72-58)70-67(69-65)51-24-14-29-59-64(51)49-21-7-10-27-57(49)73-59/h1-38H. The van der Waals surface area contributed by atoms with Crippen molar-refractivity contribution in [3.63, 3.8) is 0 Å². The van der Waals surface area contributed by atoms with Crippen molar-refractivity contribution in [3.8, 4) is 62.1 Å². The van der Waals surface area contributed by atoms with E-state index >= 15 is 0 Å². The molecule has 16 rings (SSSR count). The minimum Gasteiger partial charge on any atom is -0.456 e. The van der Waals surface area contributed by atoms with Crippen LogP contribution < -0.4 is 0 Å². The van der Waals surface area contributed by atoms with Gasteiger partial charge in [0, 0.05) is 74.9 Å². The molecule has 344 valence electrons. The molecule has 0 N–H and O–H groups in total. The predicted molar refractivity (Wildman–Crippen MR) is 306 cm³/mol. The number of benzene rings is 11. The lowest BCUT2D eigenvalue weighted by molar-refractivity contribution is 0.668. The molecule has 7 heteroatoms. The first-order valence-corrected chi connectivity index (χ1v) is 25.6. The summed E-state index contributed by atoms with van der Waals surface area (Å²) >= 11 is 1.82. The van der Waals surface area contributed by atoms with Gasteiger partial charge in [0.05, 0.1) is 11.0 Å². The quantitative estimate of drug-likeness (QED) is 0.166. The van der Waals surface area contributed by atoms with Gasteiger partial charge in [0.2, 0.25) is 0 Å². The third-order valence-corrected chi connectivity index (χ3v) is 16.0. The average Bonchev–Trinajstić information content (AvgIpc) is 4.23. The van der Waals surface area contributed by atoms with Crippen molar-refractivity contribution in [3.05, 3.63) is 231 Å². The van der Waals surface area contributed by atoms with Gasteiger partial charge in [-0.3, -0.25) is 0 Å². The molecule has 0 aliphatic carbocycles. The van der Waals surface area contributed by atoms with Gasteiger partial charge >= 0.3 is 0 Å². The van der Waals surface area contributed by atoms with Crippen LogP contribution in [0.25, 0.3) is 159 Å². The lowest BCUT2D eigenvalue weighted by Crippen LogP contribution is -2.02. The fourth-order valence-electron chi connectivity index (χ4n) is 11.5. The average molecular weight is 963 g/mol. The molecule has 0 unspecified atom stereocenters. The van der Waals surface area contributed by atoms with Gasteiger partial charge < -0.3 is 13.4 Å². The monoisotopic (exact) mass is 962 g/mol. The van der Waals surface area contributed by atoms with Crippen LogP contribution in [0.2, 0.25) is 0 Å². The van der Waals surface area contributed by atoms with Crippen molar-refractivity contribution in [1.29, 1.82) is 0 Å². The molecule has 16 aromatic rings. The van der Waals surface area contributed by atoms with E-state index in [9.17, 15) is 0 Å². The Balaban J connectivity index is 1.00. The van der Waals surface area contributed by atoms with E-state index < -0.39 is 0 Å². The molecule has 11 aromatic carbocycles. The van der Waals surface area contributed by atoms with Crippen LogP contribution in [0.3, 0.4) is 0 Å². The van der Waals surface area contributed by atoms with E-state index in [4.69, 9.17) is 23.8 Å². The summed E-state index contributed by atoms with van der Waals surface area (Å²) in [6, 6.07) is 81.7. The molecule has 0 amide bonds. The third kappa shape index (κ3) is 6.20. The Morgan fingerprint density at radius 1 is 0.311 bits per heavy atom. The summed E-state index contributed by atoms with van der Waals surface area (Å²) in [4.78, 5) is 16.5. The number of hydrogen-bond acceptors (Lipinski definition) is 6. The first-order valence-electron chi connectivity index (χ1n) is 24.8. The fourth-order valence-corrected chi connectivity index (χ4v) is 12.7. The summed E-state index contributed by atoms with van der Waals surface area (Å²) in [5.41, 5.74) is 13.5. The molecule has 0 spiro atoms. The SMILES string of the molecule is c1ccc(-c2cccc3c2c2cc4ccccc4cc2n3-c2ccc(-c3nc(-c4cccc5oc6ccccc6c45)nc(-c4cccc5oc6ccccc6c45)n3)c(-c3ccc4c(c3)sc3ccccc34)c2)cc1. The van der Waals surface area contributed by atoms with Crippen LogP contribution in [0.4, 0.5) is 0 Å². The van der Waals surface area contributed by atoms with Crippen molar-refractivity contribution >= 4 is 108 Å². The van der Waals surface area contributed by atoms with Crippen molar-refractivity contribution < 1.29 is 8.83 Å². The van der Waals surface area contributed by atoms with Gasteiger partial charge in [0.25, 0.3) is 0 Å². The summed E-state index contributed by atoms with van der Waals surface area (Å²) in [5.74, 6) is 1.64. The Labute approximate surface area is 426 Å². The number of aromatic nitrogens is 4. The van der Waals surface area contributed by atoms with E-state index in [1.165, 1.54) is 52.8 Å². The Morgan fingerprint density at radius 3 is 1.59 bits per heavy atom. The number of rotatable bonds is 6. The molecule has 0 saturated heterocycles. The van der Waals surface area contributed by atoms with E-state index in [2.05, 4.69) is 174 Å². The highest BCUT2D eigenvalue weighted by Crippen LogP contribution is 2.45. The zero-order chi connectivity index (χ0) is 48.4. The number of furan rings is 2. The van der Waals surface area contributed by atoms with Gasteiger partial charge in [-0.1, -0.05) is 158 Å². The molecule has 0 saturated carbocycles. The van der Waals surface area contributed by atoms with Gasteiger partial charge in [0.15, 0.2) is 17.5 Å². The Bertz CT molecular complexity index is 4850. The second-order valence-electron chi connectivity index (χ2n) is 19.0. The summed E-state index contributed by atoms with van der Waals surface area (Å²) in [6.45, 7) is 0. The molecule has 0 fully saturated rings. The molecule has 0 aliphatic rings. The minimum absolute atomic E-state index is 0.546. The van der Waals surface area contributed by atoms with Crippen LogP contribution in [0.5, 0.6) is 0 Å². The van der Waals surface area contributed by atoms with Gasteiger partial charge in [-0.15, -0.1) is 11.3 Å². The molecular formula is C67H38N4O2S. The summed E-state index contributed by atoms with van der Waals surface area (Å²) in [7, 11) is 0. The normalized spacial score (nSPS) is 12.1. The van der Waals surface area contributed by atoms with Crippen molar-refractivity contribution in [1.82, 2.24) is 19.5 Å². The highest BCUT2D eigenvalue weighted by Gasteiger charge is 2.24. The second-order valence-corrected chi connectivity index (χ2v) is 20.1. The Morgan fingerprint density at radius 2 is 0.878 bits per heavy atom. The summed E-state index contributed by atoms with van der Waals surface area (Å²) in [5, 5.41) is 11.2. The van der Waals surface area contributed by atoms with Crippen molar-refractivity contribution in [2.45, 2.75) is 0 Å². The van der Waals surface area contributed by atoms with Crippen LogP contribution in [-0.2, 0) is 0 Å². The van der Waals surface area contributed by atoms with Gasteiger partial charge in [-0.25, -0.2) is 15.0 Å². The van der Waals surface area contributed by atoms with Gasteiger partial charge in [-0.05, 0) is 106 Å². The van der Waals surface area contributed by atoms with Crippen LogP contribution in [0, 0.1) is 0 Å². The maximum Gasteiger partial charge on any atom is 0.164 e. The highest BCUT2D eigenvalue weighted by molar-refractivity contribution is 7.25. The zero-order valence-electron chi connectivity index (χ0n) is 39.5. The van der Waals surface area contributed by atoms with E-state index in [0.717, 1.165) is 88.4 Å². The Kier molecular flexibility index (Phi) is 8.81. The minimum atomic E-state index is 0.546. The third-order valence-electron chi connectivity index (χ3n) is 14.9. The lowest BCUT2D eigenvalue weighted by atomic mass is 9.96. The number of thiophene rings is 1. The Hall–Kier alpha value is -9.69. The fraction of sp³-hybridized carbons (Fsp3) is 0.